The van der Waals surface area contributed by atoms with Gasteiger partial charge in [0, 0.05) is 25.8 Å². The molecule has 0 aliphatic heterocycles. The molecule has 0 fully saturated rings. The first-order chi connectivity index (χ1) is 13.0. The van der Waals surface area contributed by atoms with Crippen LogP contribution in [0.15, 0.2) is 60.2 Å². The van der Waals surface area contributed by atoms with Gasteiger partial charge in [0.05, 0.1) is 0 Å². The Morgan fingerprint density at radius 1 is 0.926 bits per heavy atom. The van der Waals surface area contributed by atoms with E-state index in [4.69, 9.17) is 9.47 Å². The third-order valence-electron chi connectivity index (χ3n) is 4.02. The standard InChI is InChI=1S/C23H26O4/c1-4-10-20-13-8-9-14-21(20)16-22(15-19-11-6-5-7-12-19)23(26-17(2)24)27-18(3)25/h5-9,11-14,16,23H,4,10,15H2,1-3H3. The second kappa shape index (κ2) is 10.3. The summed E-state index contributed by atoms with van der Waals surface area (Å²) in [5.41, 5.74) is 4.00. The summed E-state index contributed by atoms with van der Waals surface area (Å²) in [4.78, 5) is 23.1. The summed E-state index contributed by atoms with van der Waals surface area (Å²) < 4.78 is 10.6. The molecule has 2 aromatic rings. The molecule has 0 aromatic heterocycles. The van der Waals surface area contributed by atoms with Crippen molar-refractivity contribution in [1.82, 2.24) is 0 Å². The smallest absolute Gasteiger partial charge is 0.305 e. The zero-order valence-corrected chi connectivity index (χ0v) is 16.1. The molecule has 0 aliphatic rings. The Morgan fingerprint density at radius 2 is 1.52 bits per heavy atom. The van der Waals surface area contributed by atoms with Crippen molar-refractivity contribution < 1.29 is 19.1 Å². The highest BCUT2D eigenvalue weighted by Crippen LogP contribution is 2.22. The van der Waals surface area contributed by atoms with Crippen molar-refractivity contribution in [3.05, 3.63) is 76.9 Å². The maximum absolute atomic E-state index is 11.6. The molecule has 0 amide bonds. The topological polar surface area (TPSA) is 52.6 Å². The van der Waals surface area contributed by atoms with Gasteiger partial charge >= 0.3 is 11.9 Å². The number of hydrogen-bond acceptors (Lipinski definition) is 4. The van der Waals surface area contributed by atoms with Crippen LogP contribution in [0.3, 0.4) is 0 Å². The van der Waals surface area contributed by atoms with Crippen LogP contribution in [0, 0.1) is 0 Å². The third kappa shape index (κ3) is 6.74. The molecule has 0 aliphatic carbocycles. The van der Waals surface area contributed by atoms with Crippen LogP contribution in [0.1, 0.15) is 43.9 Å². The first kappa shape index (κ1) is 20.4. The molecule has 0 atom stereocenters. The van der Waals surface area contributed by atoms with Crippen molar-refractivity contribution >= 4 is 18.0 Å². The van der Waals surface area contributed by atoms with E-state index in [0.29, 0.717) is 6.42 Å². The highest BCUT2D eigenvalue weighted by atomic mass is 16.7. The lowest BCUT2D eigenvalue weighted by Crippen LogP contribution is -2.25. The molecular formula is C23H26O4. The molecule has 0 unspecified atom stereocenters. The lowest BCUT2D eigenvalue weighted by molar-refractivity contribution is -0.178. The number of esters is 2. The maximum Gasteiger partial charge on any atom is 0.305 e. The number of benzene rings is 2. The molecule has 2 rings (SSSR count). The van der Waals surface area contributed by atoms with Crippen LogP contribution in [-0.2, 0) is 31.9 Å². The van der Waals surface area contributed by atoms with E-state index in [0.717, 1.165) is 29.5 Å². The molecule has 0 radical (unpaired) electrons. The van der Waals surface area contributed by atoms with Gasteiger partial charge in [-0.2, -0.15) is 0 Å². The first-order valence-corrected chi connectivity index (χ1v) is 9.16. The van der Waals surface area contributed by atoms with Crippen LogP contribution in [0.5, 0.6) is 0 Å². The first-order valence-electron chi connectivity index (χ1n) is 9.16. The Balaban J connectivity index is 2.47. The fraction of sp³-hybridized carbons (Fsp3) is 0.304. The van der Waals surface area contributed by atoms with Crippen LogP contribution in [0.25, 0.3) is 6.08 Å². The quantitative estimate of drug-likeness (QED) is 0.501. The average Bonchev–Trinajstić information content (AvgIpc) is 2.62. The highest BCUT2D eigenvalue weighted by Gasteiger charge is 2.21. The summed E-state index contributed by atoms with van der Waals surface area (Å²) >= 11 is 0. The minimum atomic E-state index is -1.05. The van der Waals surface area contributed by atoms with E-state index >= 15 is 0 Å². The van der Waals surface area contributed by atoms with E-state index in [-0.39, 0.29) is 0 Å². The van der Waals surface area contributed by atoms with E-state index in [1.165, 1.54) is 19.4 Å². The van der Waals surface area contributed by atoms with Gasteiger partial charge in [-0.25, -0.2) is 0 Å². The molecule has 27 heavy (non-hydrogen) atoms. The predicted molar refractivity (Wildman–Crippen MR) is 106 cm³/mol. The number of carbonyl (C=O) groups is 2. The Hall–Kier alpha value is -2.88. The van der Waals surface area contributed by atoms with Gasteiger partial charge in [-0.1, -0.05) is 67.9 Å². The van der Waals surface area contributed by atoms with E-state index in [9.17, 15) is 9.59 Å². The Morgan fingerprint density at radius 3 is 2.11 bits per heavy atom. The van der Waals surface area contributed by atoms with E-state index < -0.39 is 18.2 Å². The molecule has 142 valence electrons. The Kier molecular flexibility index (Phi) is 7.80. The number of carbonyl (C=O) groups excluding carboxylic acids is 2. The SMILES string of the molecule is CCCc1ccccc1C=C(Cc1ccccc1)C(OC(C)=O)OC(C)=O. The van der Waals surface area contributed by atoms with Gasteiger partial charge in [0.2, 0.25) is 0 Å². The van der Waals surface area contributed by atoms with Gasteiger partial charge in [-0.3, -0.25) is 9.59 Å². The second-order valence-electron chi connectivity index (χ2n) is 6.38. The van der Waals surface area contributed by atoms with E-state index in [1.54, 1.807) is 0 Å². The molecule has 0 N–H and O–H groups in total. The fourth-order valence-corrected chi connectivity index (χ4v) is 2.88. The van der Waals surface area contributed by atoms with Crippen molar-refractivity contribution in [3.8, 4) is 0 Å². The summed E-state index contributed by atoms with van der Waals surface area (Å²) in [6.45, 7) is 4.75. The number of rotatable bonds is 8. The Bertz CT molecular complexity index is 777. The zero-order chi connectivity index (χ0) is 19.6. The summed E-state index contributed by atoms with van der Waals surface area (Å²) in [7, 11) is 0. The van der Waals surface area contributed by atoms with Gasteiger partial charge in [0.1, 0.15) is 0 Å². The molecular weight excluding hydrogens is 340 g/mol. The number of hydrogen-bond donors (Lipinski definition) is 0. The molecule has 0 heterocycles. The number of ether oxygens (including phenoxy) is 2. The third-order valence-corrected chi connectivity index (χ3v) is 4.02. The molecule has 4 heteroatoms. The van der Waals surface area contributed by atoms with Gasteiger partial charge in [0.15, 0.2) is 0 Å². The van der Waals surface area contributed by atoms with Gasteiger partial charge in [-0.15, -0.1) is 0 Å². The van der Waals surface area contributed by atoms with Crippen molar-refractivity contribution in [2.24, 2.45) is 0 Å². The van der Waals surface area contributed by atoms with Crippen LogP contribution in [0.2, 0.25) is 0 Å². The van der Waals surface area contributed by atoms with Crippen molar-refractivity contribution in [2.75, 3.05) is 0 Å². The lowest BCUT2D eigenvalue weighted by Gasteiger charge is -2.21. The van der Waals surface area contributed by atoms with Crippen LogP contribution in [0.4, 0.5) is 0 Å². The van der Waals surface area contributed by atoms with Crippen LogP contribution in [-0.4, -0.2) is 18.2 Å². The van der Waals surface area contributed by atoms with Gasteiger partial charge < -0.3 is 9.47 Å². The van der Waals surface area contributed by atoms with Crippen molar-refractivity contribution in [1.29, 1.82) is 0 Å². The van der Waals surface area contributed by atoms with Gasteiger partial charge in [-0.05, 0) is 29.2 Å². The minimum Gasteiger partial charge on any atom is -0.421 e. The minimum absolute atomic E-state index is 0.498. The molecule has 4 nitrogen and oxygen atoms in total. The monoisotopic (exact) mass is 366 g/mol. The normalized spacial score (nSPS) is 11.3. The summed E-state index contributed by atoms with van der Waals surface area (Å²) in [6.07, 6.45) is 3.39. The average molecular weight is 366 g/mol. The molecule has 0 saturated carbocycles. The highest BCUT2D eigenvalue weighted by molar-refractivity contribution is 5.70. The molecule has 0 saturated heterocycles. The summed E-state index contributed by atoms with van der Waals surface area (Å²) in [5, 5.41) is 0. The van der Waals surface area contributed by atoms with Crippen LogP contribution < -0.4 is 0 Å². The van der Waals surface area contributed by atoms with Crippen LogP contribution >= 0.6 is 0 Å². The largest absolute Gasteiger partial charge is 0.421 e. The predicted octanol–water partition coefficient (Wildman–Crippen LogP) is 4.72. The maximum atomic E-state index is 11.6. The van der Waals surface area contributed by atoms with Crippen molar-refractivity contribution in [3.63, 3.8) is 0 Å². The molecule has 2 aromatic carbocycles. The molecule has 0 bridgehead atoms. The van der Waals surface area contributed by atoms with E-state index in [2.05, 4.69) is 13.0 Å². The zero-order valence-electron chi connectivity index (χ0n) is 16.1. The Labute approximate surface area is 160 Å². The summed E-state index contributed by atoms with van der Waals surface area (Å²) in [5.74, 6) is -0.996. The fourth-order valence-electron chi connectivity index (χ4n) is 2.88. The number of aryl methyl sites for hydroxylation is 1. The summed E-state index contributed by atoms with van der Waals surface area (Å²) in [6, 6.07) is 17.9. The second-order valence-corrected chi connectivity index (χ2v) is 6.38. The van der Waals surface area contributed by atoms with E-state index in [1.807, 2.05) is 54.6 Å². The lowest BCUT2D eigenvalue weighted by atomic mass is 9.97. The molecule has 0 spiro atoms. The van der Waals surface area contributed by atoms with Crippen molar-refractivity contribution in [2.45, 2.75) is 46.3 Å². The van der Waals surface area contributed by atoms with Gasteiger partial charge in [0.25, 0.3) is 6.29 Å².